The first-order valence-corrected chi connectivity index (χ1v) is 17.6. The number of rotatable bonds is 6. The molecule has 158 valence electrons. The zero-order chi connectivity index (χ0) is 21.3. The van der Waals surface area contributed by atoms with Crippen molar-refractivity contribution >= 4 is 44.8 Å². The van der Waals surface area contributed by atoms with Gasteiger partial charge in [-0.15, -0.1) is 11.8 Å². The highest BCUT2D eigenvalue weighted by molar-refractivity contribution is 8.22. The summed E-state index contributed by atoms with van der Waals surface area (Å²) in [6, 6.07) is 0. The van der Waals surface area contributed by atoms with Crippen LogP contribution in [0.3, 0.4) is 0 Å². The first kappa shape index (κ1) is 25.4. The SMILES string of the molecule is CSC(=S)C[C@@H]1C=C(O[Si](C)(C)C(C)(C)C)CC[C@@H]1O[Si](C)(C)C(C)(C)C. The summed E-state index contributed by atoms with van der Waals surface area (Å²) in [6.45, 7) is 23.2. The molecule has 0 aromatic carbocycles. The average Bonchev–Trinajstić information content (AvgIpc) is 2.46. The fraction of sp³-hybridized carbons (Fsp3) is 0.857. The summed E-state index contributed by atoms with van der Waals surface area (Å²) in [7, 11) is -3.61. The van der Waals surface area contributed by atoms with E-state index >= 15 is 0 Å². The van der Waals surface area contributed by atoms with Gasteiger partial charge in [0.25, 0.3) is 0 Å². The first-order valence-electron chi connectivity index (χ1n) is 10.1. The van der Waals surface area contributed by atoms with Crippen LogP contribution in [0, 0.1) is 5.92 Å². The van der Waals surface area contributed by atoms with Crippen molar-refractivity contribution in [2.45, 2.75) is 103 Å². The standard InChI is InChI=1S/C21H42O2S2Si2/c1-20(2,3)26(8,9)22-17-12-13-18(16(14-17)15-19(24)25-7)23-27(10,11)21(4,5)6/h14,16,18H,12-13,15H2,1-11H3/t16-,18-/m0/s1. The van der Waals surface area contributed by atoms with Crippen LogP contribution in [-0.4, -0.2) is 33.2 Å². The minimum atomic E-state index is -1.81. The van der Waals surface area contributed by atoms with Crippen LogP contribution in [-0.2, 0) is 8.85 Å². The lowest BCUT2D eigenvalue weighted by molar-refractivity contribution is 0.117. The van der Waals surface area contributed by atoms with Crippen molar-refractivity contribution in [3.63, 3.8) is 0 Å². The highest BCUT2D eigenvalue weighted by atomic mass is 32.2. The molecule has 1 rings (SSSR count). The van der Waals surface area contributed by atoms with Gasteiger partial charge in [0.05, 0.1) is 11.9 Å². The molecule has 27 heavy (non-hydrogen) atoms. The van der Waals surface area contributed by atoms with Gasteiger partial charge < -0.3 is 8.85 Å². The smallest absolute Gasteiger partial charge is 0.250 e. The Morgan fingerprint density at radius 2 is 1.59 bits per heavy atom. The van der Waals surface area contributed by atoms with Crippen molar-refractivity contribution < 1.29 is 8.85 Å². The predicted molar refractivity (Wildman–Crippen MR) is 132 cm³/mol. The lowest BCUT2D eigenvalue weighted by Gasteiger charge is -2.44. The van der Waals surface area contributed by atoms with E-state index in [1.165, 1.54) is 5.76 Å². The second kappa shape index (κ2) is 9.03. The van der Waals surface area contributed by atoms with Crippen molar-refractivity contribution in [3.8, 4) is 0 Å². The molecule has 0 radical (unpaired) electrons. The van der Waals surface area contributed by atoms with Crippen LogP contribution in [0.4, 0.5) is 0 Å². The van der Waals surface area contributed by atoms with Crippen LogP contribution in [0.15, 0.2) is 11.8 Å². The molecular formula is C21H42O2S2Si2. The zero-order valence-electron chi connectivity index (χ0n) is 19.5. The fourth-order valence-corrected chi connectivity index (χ4v) is 5.75. The van der Waals surface area contributed by atoms with E-state index in [0.717, 1.165) is 23.5 Å². The van der Waals surface area contributed by atoms with Gasteiger partial charge >= 0.3 is 0 Å². The molecule has 0 aromatic rings. The number of allylic oxidation sites excluding steroid dienone is 1. The van der Waals surface area contributed by atoms with Gasteiger partial charge in [0.15, 0.2) is 8.32 Å². The molecule has 0 fully saturated rings. The number of thioether (sulfide) groups is 1. The molecule has 0 amide bonds. The molecule has 0 bridgehead atoms. The van der Waals surface area contributed by atoms with Crippen LogP contribution in [0.5, 0.6) is 0 Å². The Balaban J connectivity index is 3.06. The Labute approximate surface area is 180 Å². The minimum Gasteiger partial charge on any atom is -0.547 e. The van der Waals surface area contributed by atoms with Crippen molar-refractivity contribution in [1.29, 1.82) is 0 Å². The maximum atomic E-state index is 6.83. The predicted octanol–water partition coefficient (Wildman–Crippen LogP) is 7.77. The lowest BCUT2D eigenvalue weighted by atomic mass is 9.90. The second-order valence-corrected chi connectivity index (χ2v) is 22.0. The summed E-state index contributed by atoms with van der Waals surface area (Å²) in [5, 5.41) is 0.436. The Morgan fingerprint density at radius 3 is 2.04 bits per heavy atom. The molecule has 1 aliphatic rings. The van der Waals surface area contributed by atoms with E-state index in [2.05, 4.69) is 80.1 Å². The van der Waals surface area contributed by atoms with Gasteiger partial charge in [-0.3, -0.25) is 0 Å². The average molecular weight is 447 g/mol. The van der Waals surface area contributed by atoms with Gasteiger partial charge in [0, 0.05) is 16.5 Å². The largest absolute Gasteiger partial charge is 0.547 e. The third-order valence-electron chi connectivity index (χ3n) is 6.63. The molecule has 0 saturated carbocycles. The molecule has 0 aliphatic heterocycles. The van der Waals surface area contributed by atoms with Crippen LogP contribution in [0.2, 0.25) is 36.3 Å². The van der Waals surface area contributed by atoms with E-state index in [0.29, 0.717) is 5.92 Å². The van der Waals surface area contributed by atoms with Crippen molar-refractivity contribution in [2.24, 2.45) is 5.92 Å². The van der Waals surface area contributed by atoms with Crippen LogP contribution in [0.25, 0.3) is 0 Å². The molecule has 0 spiro atoms. The molecule has 0 N–H and O–H groups in total. The van der Waals surface area contributed by atoms with Crippen molar-refractivity contribution in [2.75, 3.05) is 6.26 Å². The van der Waals surface area contributed by atoms with Gasteiger partial charge in [-0.2, -0.15) is 0 Å². The van der Waals surface area contributed by atoms with Gasteiger partial charge in [0.2, 0.25) is 8.32 Å². The molecule has 0 aromatic heterocycles. The van der Waals surface area contributed by atoms with Crippen molar-refractivity contribution in [1.82, 2.24) is 0 Å². The summed E-state index contributed by atoms with van der Waals surface area (Å²) >= 11 is 7.26. The van der Waals surface area contributed by atoms with E-state index in [9.17, 15) is 0 Å². The Kier molecular flexibility index (Phi) is 8.49. The summed E-state index contributed by atoms with van der Waals surface area (Å²) in [5.41, 5.74) is 0. The molecule has 2 atom stereocenters. The van der Waals surface area contributed by atoms with E-state index in [4.69, 9.17) is 21.1 Å². The summed E-state index contributed by atoms with van der Waals surface area (Å²) in [5.74, 6) is 1.50. The molecule has 0 saturated heterocycles. The van der Waals surface area contributed by atoms with Gasteiger partial charge in [-0.05, 0) is 61.4 Å². The maximum absolute atomic E-state index is 6.83. The van der Waals surface area contributed by atoms with Gasteiger partial charge in [-0.25, -0.2) is 0 Å². The number of hydrogen-bond acceptors (Lipinski definition) is 4. The quantitative estimate of drug-likeness (QED) is 0.306. The summed E-state index contributed by atoms with van der Waals surface area (Å²) in [6.07, 6.45) is 7.60. The monoisotopic (exact) mass is 446 g/mol. The normalized spacial score (nSPS) is 22.4. The highest BCUT2D eigenvalue weighted by Gasteiger charge is 2.43. The Morgan fingerprint density at radius 1 is 1.07 bits per heavy atom. The molecular weight excluding hydrogens is 405 g/mol. The fourth-order valence-electron chi connectivity index (χ4n) is 2.66. The lowest BCUT2D eigenvalue weighted by Crippen LogP contribution is -2.47. The topological polar surface area (TPSA) is 18.5 Å². The Bertz CT molecular complexity index is 558. The van der Waals surface area contributed by atoms with Crippen LogP contribution in [0.1, 0.15) is 60.8 Å². The highest BCUT2D eigenvalue weighted by Crippen LogP contribution is 2.43. The molecule has 0 unspecified atom stereocenters. The molecule has 0 heterocycles. The number of hydrogen-bond donors (Lipinski definition) is 0. The van der Waals surface area contributed by atoms with E-state index in [-0.39, 0.29) is 16.2 Å². The van der Waals surface area contributed by atoms with E-state index < -0.39 is 16.6 Å². The van der Waals surface area contributed by atoms with Crippen molar-refractivity contribution in [3.05, 3.63) is 11.8 Å². The number of thiocarbonyl (C=S) groups is 1. The summed E-state index contributed by atoms with van der Waals surface area (Å²) in [4.78, 5) is 0. The Hall–Kier alpha value is 0.374. The van der Waals surface area contributed by atoms with Gasteiger partial charge in [-0.1, -0.05) is 53.8 Å². The van der Waals surface area contributed by atoms with E-state index in [1.807, 2.05) is 0 Å². The third kappa shape index (κ3) is 6.98. The zero-order valence-corrected chi connectivity index (χ0v) is 23.1. The maximum Gasteiger partial charge on any atom is 0.250 e. The molecule has 1 aliphatic carbocycles. The van der Waals surface area contributed by atoms with E-state index in [1.54, 1.807) is 11.8 Å². The molecule has 6 heteroatoms. The third-order valence-corrected chi connectivity index (χ3v) is 16.8. The minimum absolute atomic E-state index is 0.215. The van der Waals surface area contributed by atoms with Crippen LogP contribution < -0.4 is 0 Å². The second-order valence-electron chi connectivity index (χ2n) is 10.9. The molecule has 2 nitrogen and oxygen atoms in total. The first-order chi connectivity index (χ1) is 12.0. The van der Waals surface area contributed by atoms with Gasteiger partial charge in [0.1, 0.15) is 0 Å². The van der Waals surface area contributed by atoms with Crippen LogP contribution >= 0.6 is 24.0 Å². The summed E-state index contributed by atoms with van der Waals surface area (Å²) < 4.78 is 14.5.